The third-order valence-electron chi connectivity index (χ3n) is 15.3. The molecule has 0 aliphatic carbocycles. The highest BCUT2D eigenvalue weighted by atomic mass is 15.0. The van der Waals surface area contributed by atoms with E-state index in [1.54, 1.807) is 0 Å². The first-order valence-electron chi connectivity index (χ1n) is 24.3. The lowest BCUT2D eigenvalue weighted by atomic mass is 9.31. The fourth-order valence-corrected chi connectivity index (χ4v) is 12.2. The Balaban J connectivity index is 1.36. The van der Waals surface area contributed by atoms with E-state index in [1.807, 2.05) is 0 Å². The molecule has 2 aromatic heterocycles. The van der Waals surface area contributed by atoms with Gasteiger partial charge in [-0.2, -0.15) is 0 Å². The summed E-state index contributed by atoms with van der Waals surface area (Å²) in [4.78, 5) is 0. The van der Waals surface area contributed by atoms with Gasteiger partial charge in [0.15, 0.2) is 0 Å². The lowest BCUT2D eigenvalue weighted by Crippen LogP contribution is -2.61. The Morgan fingerprint density at radius 1 is 0.328 bits per heavy atom. The van der Waals surface area contributed by atoms with Crippen molar-refractivity contribution in [3.63, 3.8) is 0 Å². The van der Waals surface area contributed by atoms with E-state index < -0.39 is 0 Å². The van der Waals surface area contributed by atoms with Crippen LogP contribution in [0.5, 0.6) is 0 Å². The van der Waals surface area contributed by atoms with E-state index >= 15 is 0 Å². The van der Waals surface area contributed by atoms with Gasteiger partial charge in [-0.15, -0.1) is 0 Å². The molecule has 2 aliphatic rings. The van der Waals surface area contributed by atoms with Crippen LogP contribution in [0.2, 0.25) is 0 Å². The summed E-state index contributed by atoms with van der Waals surface area (Å²) in [5.41, 5.74) is 25.3. The highest BCUT2D eigenvalue weighted by Gasteiger charge is 2.42. The van der Waals surface area contributed by atoms with Gasteiger partial charge in [-0.05, 0) is 115 Å². The predicted octanol–water partition coefficient (Wildman–Crippen LogP) is 12.3. The summed E-state index contributed by atoms with van der Waals surface area (Å²) < 4.78 is 5.32. The van der Waals surface area contributed by atoms with Crippen molar-refractivity contribution in [3.05, 3.63) is 155 Å². The minimum absolute atomic E-state index is 0.0486. The van der Waals surface area contributed by atoms with Gasteiger partial charge >= 0.3 is 0 Å². The lowest BCUT2D eigenvalue weighted by Gasteiger charge is -2.36. The fraction of sp³-hybridized carbons (Fsp3) is 0.300. The molecule has 0 amide bonds. The Hall–Kier alpha value is -5.73. The van der Waals surface area contributed by atoms with Crippen molar-refractivity contribution in [1.29, 1.82) is 0 Å². The Labute approximate surface area is 381 Å². The molecule has 0 unspecified atom stereocenters. The van der Waals surface area contributed by atoms with E-state index in [1.165, 1.54) is 121 Å². The van der Waals surface area contributed by atoms with Gasteiger partial charge in [-0.3, -0.25) is 0 Å². The normalized spacial score (nSPS) is 13.5. The van der Waals surface area contributed by atoms with Crippen LogP contribution in [0.3, 0.4) is 0 Å². The van der Waals surface area contributed by atoms with Crippen molar-refractivity contribution in [3.8, 4) is 11.4 Å². The number of rotatable bonds is 8. The first-order chi connectivity index (χ1) is 30.8. The smallest absolute Gasteiger partial charge is 0.247 e. The molecule has 0 saturated carbocycles. The second-order valence-electron chi connectivity index (χ2n) is 21.2. The quantitative estimate of drug-likeness (QED) is 0.135. The molecule has 4 heterocycles. The maximum Gasteiger partial charge on any atom is 0.247 e. The summed E-state index contributed by atoms with van der Waals surface area (Å²) in [6.45, 7) is 28.8. The second-order valence-corrected chi connectivity index (χ2v) is 21.2. The van der Waals surface area contributed by atoms with E-state index in [2.05, 4.69) is 214 Å². The highest BCUT2D eigenvalue weighted by Crippen LogP contribution is 2.39. The Morgan fingerprint density at radius 3 is 0.984 bits per heavy atom. The standard InChI is InChI=1S/C60H62B2N2/c1-33(2)39-27-45(35(5)6)57(46(28-39)36(7)8)61-49-23-17-21-43-41-19-13-15-25-53(41)63(59(43)49)55-32-52-56(31-51(55)61)64-54-26-16-14-20-42(54)44-22-18-24-50(60(44)64)62(52)58-47(37(9)10)29-40(34(3)4)30-48(58)38(11)12/h13-38H,1-12H3. The van der Waals surface area contributed by atoms with E-state index in [0.29, 0.717) is 35.5 Å². The summed E-state index contributed by atoms with van der Waals surface area (Å²) in [6.07, 6.45) is 0. The van der Waals surface area contributed by atoms with Crippen LogP contribution in [0, 0.1) is 0 Å². The van der Waals surface area contributed by atoms with E-state index in [9.17, 15) is 0 Å². The van der Waals surface area contributed by atoms with Crippen LogP contribution in [0.4, 0.5) is 0 Å². The van der Waals surface area contributed by atoms with Crippen LogP contribution in [-0.2, 0) is 0 Å². The van der Waals surface area contributed by atoms with Crippen molar-refractivity contribution < 1.29 is 0 Å². The number of hydrogen-bond acceptors (Lipinski definition) is 0. The van der Waals surface area contributed by atoms with Gasteiger partial charge in [0.1, 0.15) is 0 Å². The van der Waals surface area contributed by atoms with Crippen molar-refractivity contribution in [2.24, 2.45) is 0 Å². The van der Waals surface area contributed by atoms with Gasteiger partial charge in [-0.25, -0.2) is 0 Å². The Bertz CT molecular complexity index is 3090. The molecular formula is C60H62B2N2. The number of aromatic nitrogens is 2. The van der Waals surface area contributed by atoms with Crippen molar-refractivity contribution in [2.45, 2.75) is 119 Å². The van der Waals surface area contributed by atoms with Crippen LogP contribution in [0.15, 0.2) is 121 Å². The molecule has 4 heteroatoms. The molecule has 11 rings (SSSR count). The molecule has 64 heavy (non-hydrogen) atoms. The molecule has 318 valence electrons. The summed E-state index contributed by atoms with van der Waals surface area (Å²) in [5, 5.41) is 5.32. The Kier molecular flexibility index (Phi) is 9.55. The minimum atomic E-state index is 0.0486. The first-order valence-corrected chi connectivity index (χ1v) is 24.3. The maximum absolute atomic E-state index is 2.68. The minimum Gasteiger partial charge on any atom is -0.310 e. The molecule has 7 aromatic carbocycles. The molecule has 2 nitrogen and oxygen atoms in total. The molecule has 0 fully saturated rings. The van der Waals surface area contributed by atoms with Crippen molar-refractivity contribution in [1.82, 2.24) is 9.13 Å². The number of fused-ring (bicyclic) bond motifs is 10. The van der Waals surface area contributed by atoms with Crippen LogP contribution in [0.25, 0.3) is 55.0 Å². The number of para-hydroxylation sites is 4. The summed E-state index contributed by atoms with van der Waals surface area (Å²) in [7, 11) is 0. The summed E-state index contributed by atoms with van der Waals surface area (Å²) in [5.74, 6) is 2.34. The van der Waals surface area contributed by atoms with Crippen LogP contribution < -0.4 is 32.8 Å². The van der Waals surface area contributed by atoms with Gasteiger partial charge in [0.05, 0.1) is 11.0 Å². The van der Waals surface area contributed by atoms with Gasteiger partial charge in [0.2, 0.25) is 13.4 Å². The van der Waals surface area contributed by atoms with E-state index in [0.717, 1.165) is 0 Å². The lowest BCUT2D eigenvalue weighted by molar-refractivity contribution is 0.812. The molecule has 0 spiro atoms. The van der Waals surface area contributed by atoms with Gasteiger partial charge in [-0.1, -0.05) is 191 Å². The Morgan fingerprint density at radius 2 is 0.656 bits per heavy atom. The SMILES string of the molecule is CC(C)c1cc(C(C)C)c(B2c3cc4c(cc3-n3c5ccccc5c5cccc2c53)B(c2c(C(C)C)cc(C(C)C)cc2C(C)C)c2cccc3c5ccccc5n-4c23)c(C(C)C)c1. The molecule has 0 saturated heterocycles. The summed E-state index contributed by atoms with van der Waals surface area (Å²) in [6, 6.07) is 48.2. The van der Waals surface area contributed by atoms with Crippen molar-refractivity contribution >= 4 is 89.8 Å². The number of benzene rings is 7. The largest absolute Gasteiger partial charge is 0.310 e. The number of hydrogen-bond donors (Lipinski definition) is 0. The first kappa shape index (κ1) is 41.0. The number of nitrogens with zero attached hydrogens (tertiary/aromatic N) is 2. The van der Waals surface area contributed by atoms with E-state index in [4.69, 9.17) is 0 Å². The van der Waals surface area contributed by atoms with Gasteiger partial charge in [0, 0.05) is 44.0 Å². The average Bonchev–Trinajstić information content (AvgIpc) is 3.80. The molecule has 0 radical (unpaired) electrons. The molecular weight excluding hydrogens is 770 g/mol. The zero-order valence-electron chi connectivity index (χ0n) is 40.1. The fourth-order valence-electron chi connectivity index (χ4n) is 12.2. The van der Waals surface area contributed by atoms with Crippen LogP contribution in [0.1, 0.15) is 152 Å². The van der Waals surface area contributed by atoms with Crippen LogP contribution >= 0.6 is 0 Å². The zero-order valence-corrected chi connectivity index (χ0v) is 40.1. The average molecular weight is 833 g/mol. The molecule has 0 bridgehead atoms. The summed E-state index contributed by atoms with van der Waals surface area (Å²) >= 11 is 0. The van der Waals surface area contributed by atoms with Gasteiger partial charge in [0.25, 0.3) is 0 Å². The molecule has 0 atom stereocenters. The predicted molar refractivity (Wildman–Crippen MR) is 282 cm³/mol. The van der Waals surface area contributed by atoms with Crippen molar-refractivity contribution in [2.75, 3.05) is 0 Å². The van der Waals surface area contributed by atoms with Gasteiger partial charge < -0.3 is 9.13 Å². The maximum atomic E-state index is 2.68. The topological polar surface area (TPSA) is 9.86 Å². The molecule has 0 N–H and O–H groups in total. The van der Waals surface area contributed by atoms with Crippen LogP contribution in [-0.4, -0.2) is 22.6 Å². The second kappa shape index (κ2) is 14.9. The molecule has 2 aliphatic heterocycles. The zero-order chi connectivity index (χ0) is 44.6. The third kappa shape index (κ3) is 5.79. The monoisotopic (exact) mass is 833 g/mol. The molecule has 9 aromatic rings. The highest BCUT2D eigenvalue weighted by molar-refractivity contribution is 7.00. The third-order valence-corrected chi connectivity index (χ3v) is 15.3. The van der Waals surface area contributed by atoms with E-state index in [-0.39, 0.29) is 13.4 Å².